The minimum absolute atomic E-state index is 0.160. The Kier molecular flexibility index (Phi) is 4.10. The summed E-state index contributed by atoms with van der Waals surface area (Å²) in [5.74, 6) is 0. The lowest BCUT2D eigenvalue weighted by Crippen LogP contribution is -2.39. The van der Waals surface area contributed by atoms with E-state index in [1.54, 1.807) is 16.4 Å². The van der Waals surface area contributed by atoms with E-state index in [9.17, 15) is 0 Å². The summed E-state index contributed by atoms with van der Waals surface area (Å²) in [6, 6.07) is 0. The van der Waals surface area contributed by atoms with Gasteiger partial charge in [-0.15, -0.1) is 5.10 Å². The highest BCUT2D eigenvalue weighted by atomic mass is 32.2. The molecule has 0 amide bonds. The first-order valence-corrected chi connectivity index (χ1v) is 5.90. The average Bonchev–Trinajstić information content (AvgIpc) is 2.47. The predicted molar refractivity (Wildman–Crippen MR) is 61.9 cm³/mol. The molecule has 0 fully saturated rings. The molecule has 1 aromatic rings. The summed E-state index contributed by atoms with van der Waals surface area (Å²) in [5.41, 5.74) is 0.160. The fourth-order valence-corrected chi connectivity index (χ4v) is 1.79. The van der Waals surface area contributed by atoms with Gasteiger partial charge in [0.05, 0.1) is 0 Å². The van der Waals surface area contributed by atoms with E-state index < -0.39 is 0 Å². The highest BCUT2D eigenvalue weighted by Crippen LogP contribution is 2.18. The van der Waals surface area contributed by atoms with Gasteiger partial charge in [-0.1, -0.05) is 18.7 Å². The summed E-state index contributed by atoms with van der Waals surface area (Å²) in [5, 5.41) is 16.1. The summed E-state index contributed by atoms with van der Waals surface area (Å²) >= 11 is 1.68. The number of tetrazole rings is 1. The van der Waals surface area contributed by atoms with Crippen LogP contribution >= 0.6 is 11.8 Å². The molecular formula is C9H19N5S. The van der Waals surface area contributed by atoms with Crippen molar-refractivity contribution in [3.8, 4) is 0 Å². The Labute approximate surface area is 95.0 Å². The van der Waals surface area contributed by atoms with Gasteiger partial charge in [0.15, 0.2) is 0 Å². The summed E-state index contributed by atoms with van der Waals surface area (Å²) in [7, 11) is 1.85. The first-order valence-electron chi connectivity index (χ1n) is 5.02. The van der Waals surface area contributed by atoms with E-state index in [1.807, 2.05) is 7.05 Å². The van der Waals surface area contributed by atoms with Crippen molar-refractivity contribution in [2.45, 2.75) is 43.6 Å². The van der Waals surface area contributed by atoms with Crippen LogP contribution in [0.4, 0.5) is 0 Å². The molecule has 86 valence electrons. The van der Waals surface area contributed by atoms with Gasteiger partial charge in [-0.05, 0) is 31.2 Å². The molecule has 1 atom stereocenters. The number of hydrogen-bond donors (Lipinski definition) is 1. The molecule has 1 unspecified atom stereocenters. The SMILES string of the molecule is CC(CNC(C)(C)C)Sc1nnnn1C. The summed E-state index contributed by atoms with van der Waals surface area (Å²) < 4.78 is 1.69. The van der Waals surface area contributed by atoms with Crippen molar-refractivity contribution >= 4 is 11.8 Å². The zero-order valence-corrected chi connectivity index (χ0v) is 10.8. The second-order valence-electron chi connectivity index (χ2n) is 4.64. The largest absolute Gasteiger partial charge is 0.311 e. The molecule has 5 nitrogen and oxygen atoms in total. The quantitative estimate of drug-likeness (QED) is 0.783. The van der Waals surface area contributed by atoms with Crippen LogP contribution in [0.15, 0.2) is 5.16 Å². The lowest BCUT2D eigenvalue weighted by molar-refractivity contribution is 0.429. The molecule has 6 heteroatoms. The van der Waals surface area contributed by atoms with Crippen LogP contribution in [0.3, 0.4) is 0 Å². The van der Waals surface area contributed by atoms with Crippen LogP contribution in [0, 0.1) is 0 Å². The van der Waals surface area contributed by atoms with Gasteiger partial charge < -0.3 is 5.32 Å². The third kappa shape index (κ3) is 4.61. The van der Waals surface area contributed by atoms with Crippen LogP contribution in [-0.4, -0.2) is 37.5 Å². The number of aryl methyl sites for hydroxylation is 1. The first kappa shape index (κ1) is 12.4. The zero-order valence-electron chi connectivity index (χ0n) is 9.98. The zero-order chi connectivity index (χ0) is 11.5. The molecule has 0 saturated heterocycles. The normalized spacial score (nSPS) is 14.2. The molecule has 0 aliphatic carbocycles. The van der Waals surface area contributed by atoms with Gasteiger partial charge in [0, 0.05) is 24.4 Å². The topological polar surface area (TPSA) is 55.6 Å². The molecular weight excluding hydrogens is 210 g/mol. The monoisotopic (exact) mass is 229 g/mol. The minimum Gasteiger partial charge on any atom is -0.311 e. The van der Waals surface area contributed by atoms with Crippen molar-refractivity contribution in [2.75, 3.05) is 6.54 Å². The minimum atomic E-state index is 0.160. The molecule has 0 radical (unpaired) electrons. The van der Waals surface area contributed by atoms with Crippen LogP contribution in [-0.2, 0) is 7.05 Å². The molecule has 1 aromatic heterocycles. The first-order chi connectivity index (χ1) is 6.88. The Bertz CT molecular complexity index is 304. The summed E-state index contributed by atoms with van der Waals surface area (Å²) in [6.07, 6.45) is 0. The van der Waals surface area contributed by atoms with Crippen LogP contribution in [0.2, 0.25) is 0 Å². The molecule has 1 N–H and O–H groups in total. The third-order valence-corrected chi connectivity index (χ3v) is 2.93. The van der Waals surface area contributed by atoms with Crippen LogP contribution in [0.5, 0.6) is 0 Å². The third-order valence-electron chi connectivity index (χ3n) is 1.81. The highest BCUT2D eigenvalue weighted by Gasteiger charge is 2.13. The van der Waals surface area contributed by atoms with Crippen molar-refractivity contribution in [3.63, 3.8) is 0 Å². The van der Waals surface area contributed by atoms with Gasteiger partial charge in [0.1, 0.15) is 0 Å². The molecule has 1 rings (SSSR count). The Hall–Kier alpha value is -0.620. The van der Waals surface area contributed by atoms with Crippen molar-refractivity contribution in [1.29, 1.82) is 0 Å². The maximum Gasteiger partial charge on any atom is 0.209 e. The van der Waals surface area contributed by atoms with Gasteiger partial charge in [-0.25, -0.2) is 4.68 Å². The lowest BCUT2D eigenvalue weighted by atomic mass is 10.1. The van der Waals surface area contributed by atoms with Gasteiger partial charge in [0.25, 0.3) is 0 Å². The predicted octanol–water partition coefficient (Wildman–Crippen LogP) is 1.08. The van der Waals surface area contributed by atoms with E-state index in [4.69, 9.17) is 0 Å². The van der Waals surface area contributed by atoms with E-state index in [1.165, 1.54) is 0 Å². The van der Waals surface area contributed by atoms with Crippen molar-refractivity contribution in [1.82, 2.24) is 25.5 Å². The molecule has 0 aliphatic rings. The molecule has 0 spiro atoms. The fourth-order valence-electron chi connectivity index (χ4n) is 0.993. The maximum absolute atomic E-state index is 3.94. The number of thioether (sulfide) groups is 1. The fraction of sp³-hybridized carbons (Fsp3) is 0.889. The van der Waals surface area contributed by atoms with E-state index in [0.29, 0.717) is 5.25 Å². The molecule has 0 aliphatic heterocycles. The Morgan fingerprint density at radius 3 is 2.60 bits per heavy atom. The van der Waals surface area contributed by atoms with Crippen molar-refractivity contribution in [2.24, 2.45) is 7.05 Å². The second-order valence-corrected chi connectivity index (χ2v) is 6.05. The van der Waals surface area contributed by atoms with Crippen LogP contribution < -0.4 is 5.32 Å². The average molecular weight is 229 g/mol. The molecule has 0 aromatic carbocycles. The Morgan fingerprint density at radius 2 is 2.13 bits per heavy atom. The summed E-state index contributed by atoms with van der Waals surface area (Å²) in [6.45, 7) is 9.59. The van der Waals surface area contributed by atoms with Crippen molar-refractivity contribution in [3.05, 3.63) is 0 Å². The molecule has 0 bridgehead atoms. The van der Waals surface area contributed by atoms with Gasteiger partial charge in [-0.3, -0.25) is 0 Å². The highest BCUT2D eigenvalue weighted by molar-refractivity contribution is 7.99. The second kappa shape index (κ2) is 4.94. The van der Waals surface area contributed by atoms with Crippen LogP contribution in [0.25, 0.3) is 0 Å². The standard InChI is InChI=1S/C9H19N5S/c1-7(6-10-9(2,3)4)15-8-11-12-13-14(8)5/h7,10H,6H2,1-5H3. The van der Waals surface area contributed by atoms with Gasteiger partial charge in [-0.2, -0.15) is 0 Å². The molecule has 1 heterocycles. The van der Waals surface area contributed by atoms with Crippen LogP contribution in [0.1, 0.15) is 27.7 Å². The maximum atomic E-state index is 3.94. The van der Waals surface area contributed by atoms with Gasteiger partial charge >= 0.3 is 0 Å². The van der Waals surface area contributed by atoms with E-state index in [0.717, 1.165) is 11.7 Å². The van der Waals surface area contributed by atoms with Gasteiger partial charge in [0.2, 0.25) is 5.16 Å². The lowest BCUT2D eigenvalue weighted by Gasteiger charge is -2.22. The van der Waals surface area contributed by atoms with E-state index >= 15 is 0 Å². The van der Waals surface area contributed by atoms with E-state index in [-0.39, 0.29) is 5.54 Å². The number of nitrogens with one attached hydrogen (secondary N) is 1. The summed E-state index contributed by atoms with van der Waals surface area (Å²) in [4.78, 5) is 0. The molecule has 15 heavy (non-hydrogen) atoms. The van der Waals surface area contributed by atoms with E-state index in [2.05, 4.69) is 48.5 Å². The number of hydrogen-bond acceptors (Lipinski definition) is 5. The number of rotatable bonds is 4. The number of nitrogens with zero attached hydrogens (tertiary/aromatic N) is 4. The number of aromatic nitrogens is 4. The van der Waals surface area contributed by atoms with Crippen molar-refractivity contribution < 1.29 is 0 Å². The molecule has 0 saturated carbocycles. The Morgan fingerprint density at radius 1 is 1.47 bits per heavy atom. The smallest absolute Gasteiger partial charge is 0.209 e. The Balaban J connectivity index is 2.37.